The van der Waals surface area contributed by atoms with Crippen LogP contribution in [-0.2, 0) is 4.74 Å². The molecule has 0 unspecified atom stereocenters. The van der Waals surface area contributed by atoms with Crippen molar-refractivity contribution in [3.63, 3.8) is 0 Å². The second-order valence-electron chi connectivity index (χ2n) is 9.09. The minimum Gasteiger partial charge on any atom is -0.497 e. The van der Waals surface area contributed by atoms with Crippen LogP contribution in [0.1, 0.15) is 45.3 Å². The van der Waals surface area contributed by atoms with Crippen LogP contribution in [0.4, 0.5) is 0 Å². The van der Waals surface area contributed by atoms with Gasteiger partial charge in [-0.1, -0.05) is 12.1 Å². The van der Waals surface area contributed by atoms with E-state index in [0.29, 0.717) is 28.8 Å². The van der Waals surface area contributed by atoms with Gasteiger partial charge in [0.05, 0.1) is 37.3 Å². The summed E-state index contributed by atoms with van der Waals surface area (Å²) in [6.45, 7) is 8.63. The van der Waals surface area contributed by atoms with Gasteiger partial charge < -0.3 is 18.8 Å². The molecule has 3 heterocycles. The van der Waals surface area contributed by atoms with E-state index in [1.165, 1.54) is 0 Å². The highest BCUT2D eigenvalue weighted by Crippen LogP contribution is 2.39. The molecule has 0 N–H and O–H groups in total. The number of aryl methyl sites for hydroxylation is 2. The molecule has 0 saturated carbocycles. The van der Waals surface area contributed by atoms with Gasteiger partial charge in [0.15, 0.2) is 5.43 Å². The summed E-state index contributed by atoms with van der Waals surface area (Å²) >= 11 is 0. The number of rotatable bonds is 6. The van der Waals surface area contributed by atoms with Gasteiger partial charge in [0.25, 0.3) is 5.91 Å². The van der Waals surface area contributed by atoms with Crippen LogP contribution in [0.5, 0.6) is 5.75 Å². The normalized spacial score (nSPS) is 18.5. The Hall–Kier alpha value is -3.16. The van der Waals surface area contributed by atoms with Crippen molar-refractivity contribution < 1.29 is 18.7 Å². The molecule has 0 radical (unpaired) electrons. The van der Waals surface area contributed by atoms with E-state index in [0.717, 1.165) is 56.0 Å². The molecule has 3 aromatic rings. The first-order valence-electron chi connectivity index (χ1n) is 11.8. The summed E-state index contributed by atoms with van der Waals surface area (Å²) in [5, 5.41) is 0.512. The number of carbonyl (C=O) groups excluding carboxylic acids is 1. The standard InChI is InChI=1S/C27H30N2O5/c1-17-14-21-22(15-18(17)2)34-26-23(25(21)30)24(19-6-4-7-20(16-19)32-3)29(27(26)31)9-5-8-28-10-12-33-13-11-28/h4,6-7,14-16,24H,5,8-13H2,1-3H3/t24-/m0/s1. The minimum absolute atomic E-state index is 0.142. The lowest BCUT2D eigenvalue weighted by Gasteiger charge is -2.29. The van der Waals surface area contributed by atoms with Gasteiger partial charge in [-0.15, -0.1) is 0 Å². The number of hydrogen-bond acceptors (Lipinski definition) is 6. The Bertz CT molecular complexity index is 1290. The molecule has 7 heteroatoms. The van der Waals surface area contributed by atoms with Crippen molar-refractivity contribution in [1.29, 1.82) is 0 Å². The Labute approximate surface area is 198 Å². The Morgan fingerprint density at radius 3 is 2.56 bits per heavy atom. The first-order valence-corrected chi connectivity index (χ1v) is 11.8. The summed E-state index contributed by atoms with van der Waals surface area (Å²) in [5.41, 5.74) is 3.61. The monoisotopic (exact) mass is 462 g/mol. The topological polar surface area (TPSA) is 72.2 Å². The van der Waals surface area contributed by atoms with E-state index in [1.54, 1.807) is 12.0 Å². The van der Waals surface area contributed by atoms with Crippen LogP contribution in [0.15, 0.2) is 45.6 Å². The molecule has 7 nitrogen and oxygen atoms in total. The molecule has 1 fully saturated rings. The summed E-state index contributed by atoms with van der Waals surface area (Å²) in [6, 6.07) is 10.8. The van der Waals surface area contributed by atoms with Gasteiger partial charge in [-0.2, -0.15) is 0 Å². The third-order valence-electron chi connectivity index (χ3n) is 6.97. The number of methoxy groups -OCH3 is 1. The molecule has 2 aromatic carbocycles. The molecule has 1 aromatic heterocycles. The molecular formula is C27H30N2O5. The summed E-state index contributed by atoms with van der Waals surface area (Å²) < 4.78 is 17.0. The Kier molecular flexibility index (Phi) is 6.15. The quantitative estimate of drug-likeness (QED) is 0.557. The number of hydrogen-bond donors (Lipinski definition) is 0. The molecular weight excluding hydrogens is 432 g/mol. The summed E-state index contributed by atoms with van der Waals surface area (Å²) in [4.78, 5) is 31.5. The summed E-state index contributed by atoms with van der Waals surface area (Å²) in [7, 11) is 1.61. The van der Waals surface area contributed by atoms with Crippen LogP contribution >= 0.6 is 0 Å². The highest BCUT2D eigenvalue weighted by Gasteiger charge is 2.42. The van der Waals surface area contributed by atoms with Crippen LogP contribution in [0, 0.1) is 13.8 Å². The van der Waals surface area contributed by atoms with E-state index in [-0.39, 0.29) is 17.1 Å². The van der Waals surface area contributed by atoms with E-state index in [4.69, 9.17) is 13.9 Å². The van der Waals surface area contributed by atoms with Crippen molar-refractivity contribution in [2.24, 2.45) is 0 Å². The highest BCUT2D eigenvalue weighted by molar-refractivity contribution is 5.99. The Morgan fingerprint density at radius 2 is 1.79 bits per heavy atom. The number of nitrogens with zero attached hydrogens (tertiary/aromatic N) is 2. The fourth-order valence-electron chi connectivity index (χ4n) is 4.95. The summed E-state index contributed by atoms with van der Waals surface area (Å²) in [5.74, 6) is 0.602. The molecule has 0 aliphatic carbocycles. The maximum absolute atomic E-state index is 13.7. The Morgan fingerprint density at radius 1 is 1.03 bits per heavy atom. The number of benzene rings is 2. The van der Waals surface area contributed by atoms with Gasteiger partial charge in [0.2, 0.25) is 5.76 Å². The first kappa shape index (κ1) is 22.6. The average Bonchev–Trinajstić information content (AvgIpc) is 3.13. The molecule has 0 spiro atoms. The second kappa shape index (κ2) is 9.24. The second-order valence-corrected chi connectivity index (χ2v) is 9.09. The lowest BCUT2D eigenvalue weighted by atomic mass is 9.97. The van der Waals surface area contributed by atoms with E-state index in [2.05, 4.69) is 4.90 Å². The summed E-state index contributed by atoms with van der Waals surface area (Å²) in [6.07, 6.45) is 0.798. The number of carbonyl (C=O) groups is 1. The van der Waals surface area contributed by atoms with Crippen molar-refractivity contribution in [2.75, 3.05) is 46.5 Å². The Balaban J connectivity index is 1.57. The van der Waals surface area contributed by atoms with E-state index >= 15 is 0 Å². The molecule has 0 bridgehead atoms. The zero-order valence-electron chi connectivity index (χ0n) is 19.9. The van der Waals surface area contributed by atoms with E-state index in [1.807, 2.05) is 50.2 Å². The predicted octanol–water partition coefficient (Wildman–Crippen LogP) is 3.69. The van der Waals surface area contributed by atoms with Gasteiger partial charge in [-0.25, -0.2) is 0 Å². The van der Waals surface area contributed by atoms with Gasteiger partial charge in [-0.05, 0) is 61.2 Å². The molecule has 1 atom stereocenters. The zero-order valence-corrected chi connectivity index (χ0v) is 19.9. The average molecular weight is 463 g/mol. The van der Waals surface area contributed by atoms with Crippen molar-refractivity contribution in [3.8, 4) is 5.75 Å². The van der Waals surface area contributed by atoms with Gasteiger partial charge >= 0.3 is 0 Å². The fourth-order valence-corrected chi connectivity index (χ4v) is 4.95. The third-order valence-corrected chi connectivity index (χ3v) is 6.97. The number of ether oxygens (including phenoxy) is 2. The molecule has 5 rings (SSSR count). The predicted molar refractivity (Wildman–Crippen MR) is 130 cm³/mol. The lowest BCUT2D eigenvalue weighted by Crippen LogP contribution is -2.38. The van der Waals surface area contributed by atoms with Gasteiger partial charge in [0, 0.05) is 26.2 Å². The van der Waals surface area contributed by atoms with Crippen LogP contribution in [-0.4, -0.2) is 62.2 Å². The first-order chi connectivity index (χ1) is 16.5. The van der Waals surface area contributed by atoms with Crippen molar-refractivity contribution in [3.05, 3.63) is 74.6 Å². The molecule has 178 valence electrons. The number of morpholine rings is 1. The van der Waals surface area contributed by atoms with E-state index in [9.17, 15) is 9.59 Å². The number of amides is 1. The third kappa shape index (κ3) is 3.99. The maximum Gasteiger partial charge on any atom is 0.290 e. The van der Waals surface area contributed by atoms with Crippen molar-refractivity contribution in [2.45, 2.75) is 26.3 Å². The minimum atomic E-state index is -0.510. The molecule has 2 aliphatic rings. The number of fused-ring (bicyclic) bond motifs is 2. The molecule has 34 heavy (non-hydrogen) atoms. The highest BCUT2D eigenvalue weighted by atomic mass is 16.5. The van der Waals surface area contributed by atoms with Crippen LogP contribution in [0.3, 0.4) is 0 Å². The zero-order chi connectivity index (χ0) is 23.8. The lowest BCUT2D eigenvalue weighted by molar-refractivity contribution is 0.0353. The van der Waals surface area contributed by atoms with Crippen molar-refractivity contribution >= 4 is 16.9 Å². The van der Waals surface area contributed by atoms with Crippen LogP contribution < -0.4 is 10.2 Å². The maximum atomic E-state index is 13.7. The smallest absolute Gasteiger partial charge is 0.290 e. The van der Waals surface area contributed by atoms with E-state index < -0.39 is 6.04 Å². The largest absolute Gasteiger partial charge is 0.497 e. The van der Waals surface area contributed by atoms with Crippen LogP contribution in [0.25, 0.3) is 11.0 Å². The van der Waals surface area contributed by atoms with Crippen molar-refractivity contribution in [1.82, 2.24) is 9.80 Å². The fraction of sp³-hybridized carbons (Fsp3) is 0.407. The van der Waals surface area contributed by atoms with Crippen LogP contribution in [0.2, 0.25) is 0 Å². The molecule has 1 saturated heterocycles. The SMILES string of the molecule is COc1cccc([C@H]2c3c(oc4cc(C)c(C)cc4c3=O)C(=O)N2CCCN2CCOCC2)c1. The van der Waals surface area contributed by atoms with Gasteiger partial charge in [0.1, 0.15) is 11.3 Å². The molecule has 1 amide bonds. The molecule has 2 aliphatic heterocycles. The van der Waals surface area contributed by atoms with Gasteiger partial charge in [-0.3, -0.25) is 14.5 Å².